The summed E-state index contributed by atoms with van der Waals surface area (Å²) in [6.45, 7) is 2.66. The number of halogens is 1. The van der Waals surface area contributed by atoms with E-state index in [1.807, 2.05) is 6.07 Å². The summed E-state index contributed by atoms with van der Waals surface area (Å²) in [4.78, 5) is 8.93. The highest BCUT2D eigenvalue weighted by atomic mass is 35.5. The largest absolute Gasteiger partial charge is 0.392 e. The second kappa shape index (κ2) is 13.0. The van der Waals surface area contributed by atoms with Crippen LogP contribution in [0.15, 0.2) is 53.6 Å². The van der Waals surface area contributed by atoms with Crippen LogP contribution in [0.3, 0.4) is 0 Å². The van der Waals surface area contributed by atoms with Gasteiger partial charge in [-0.1, -0.05) is 29.8 Å². The molecular weight excluding hydrogens is 540 g/mol. The van der Waals surface area contributed by atoms with E-state index in [1.54, 1.807) is 25.1 Å². The van der Waals surface area contributed by atoms with Crippen molar-refractivity contribution in [1.29, 1.82) is 0 Å². The molecule has 0 saturated heterocycles. The second-order valence-corrected chi connectivity index (χ2v) is 12.3. The van der Waals surface area contributed by atoms with E-state index in [4.69, 9.17) is 16.3 Å². The molecule has 0 fully saturated rings. The lowest BCUT2D eigenvalue weighted by molar-refractivity contribution is 0.0304. The Hall–Kier alpha value is -2.80. The predicted molar refractivity (Wildman–Crippen MR) is 153 cm³/mol. The zero-order valence-corrected chi connectivity index (χ0v) is 23.9. The molecule has 210 valence electrons. The van der Waals surface area contributed by atoms with Crippen LogP contribution < -0.4 is 16.0 Å². The summed E-state index contributed by atoms with van der Waals surface area (Å²) >= 11 is 6.36. The monoisotopic (exact) mass is 574 g/mol. The molecule has 1 heterocycles. The van der Waals surface area contributed by atoms with Gasteiger partial charge >= 0.3 is 0 Å². The van der Waals surface area contributed by atoms with Gasteiger partial charge in [-0.3, -0.25) is 5.32 Å². The fourth-order valence-corrected chi connectivity index (χ4v) is 5.53. The number of ether oxygens (including phenoxy) is 1. The lowest BCUT2D eigenvalue weighted by Gasteiger charge is -2.17. The standard InChI is InChI=1S/C27H35ClN6O4S/c1-18(35)15-29-17-38-22-8-6-7-19-13-21(12-11-20(19)14-22)31-27-30-16-23(28)26(33-27)32-24-9-4-5-10-25(24)39(36,37)34(2)3/h4-5,9-13,16,18,22,29,35H,6-8,14-15,17H2,1-3H3,(H2,30,31,32,33)/t18-,22?/m1/s1. The van der Waals surface area contributed by atoms with Crippen LogP contribution in [0.1, 0.15) is 30.9 Å². The van der Waals surface area contributed by atoms with E-state index < -0.39 is 16.1 Å². The van der Waals surface area contributed by atoms with E-state index in [0.29, 0.717) is 24.9 Å². The number of hydrogen-bond acceptors (Lipinski definition) is 9. The highest BCUT2D eigenvalue weighted by Crippen LogP contribution is 2.31. The number of aliphatic hydroxyl groups excluding tert-OH is 1. The number of para-hydroxylation sites is 1. The Balaban J connectivity index is 1.47. The maximum atomic E-state index is 12.8. The van der Waals surface area contributed by atoms with E-state index in [1.165, 1.54) is 37.5 Å². The van der Waals surface area contributed by atoms with E-state index in [2.05, 4.69) is 38.1 Å². The Morgan fingerprint density at radius 3 is 2.74 bits per heavy atom. The van der Waals surface area contributed by atoms with Gasteiger partial charge < -0.3 is 20.5 Å². The Labute approximate surface area is 234 Å². The first-order valence-electron chi connectivity index (χ1n) is 12.8. The van der Waals surface area contributed by atoms with Crippen molar-refractivity contribution in [1.82, 2.24) is 19.6 Å². The molecule has 4 N–H and O–H groups in total. The number of hydrogen-bond donors (Lipinski definition) is 4. The Kier molecular flexibility index (Phi) is 9.76. The van der Waals surface area contributed by atoms with Gasteiger partial charge in [-0.05, 0) is 68.0 Å². The predicted octanol–water partition coefficient (Wildman–Crippen LogP) is 4.06. The average Bonchev–Trinajstić information content (AvgIpc) is 3.10. The van der Waals surface area contributed by atoms with Crippen LogP contribution >= 0.6 is 11.6 Å². The number of aromatic nitrogens is 2. The molecule has 0 saturated carbocycles. The summed E-state index contributed by atoms with van der Waals surface area (Å²) in [6.07, 6.45) is 4.94. The van der Waals surface area contributed by atoms with Crippen LogP contribution in [0.25, 0.3) is 0 Å². The molecule has 39 heavy (non-hydrogen) atoms. The van der Waals surface area contributed by atoms with Crippen molar-refractivity contribution in [2.75, 3.05) is 38.0 Å². The van der Waals surface area contributed by atoms with E-state index in [0.717, 1.165) is 35.7 Å². The lowest BCUT2D eigenvalue weighted by atomic mass is 10.0. The molecule has 4 rings (SSSR count). The molecule has 0 spiro atoms. The molecule has 1 aliphatic carbocycles. The number of fused-ring (bicyclic) bond motifs is 1. The van der Waals surface area contributed by atoms with Gasteiger partial charge in [0.25, 0.3) is 0 Å². The molecule has 10 nitrogen and oxygen atoms in total. The molecule has 3 aromatic rings. The lowest BCUT2D eigenvalue weighted by Crippen LogP contribution is -2.29. The van der Waals surface area contributed by atoms with Crippen molar-refractivity contribution in [3.8, 4) is 0 Å². The number of aliphatic hydroxyl groups is 1. The summed E-state index contributed by atoms with van der Waals surface area (Å²) in [5, 5.41) is 19.0. The van der Waals surface area contributed by atoms with Gasteiger partial charge in [0, 0.05) is 26.3 Å². The highest BCUT2D eigenvalue weighted by molar-refractivity contribution is 7.89. The number of rotatable bonds is 11. The van der Waals surface area contributed by atoms with Crippen molar-refractivity contribution in [2.24, 2.45) is 0 Å². The van der Waals surface area contributed by atoms with Crippen molar-refractivity contribution in [3.63, 3.8) is 0 Å². The molecule has 0 bridgehead atoms. The van der Waals surface area contributed by atoms with Gasteiger partial charge in [-0.15, -0.1) is 0 Å². The van der Waals surface area contributed by atoms with Crippen molar-refractivity contribution in [2.45, 2.75) is 49.7 Å². The van der Waals surface area contributed by atoms with Crippen LogP contribution in [-0.4, -0.2) is 67.4 Å². The van der Waals surface area contributed by atoms with Crippen LogP contribution in [0.4, 0.5) is 23.1 Å². The number of nitrogens with zero attached hydrogens (tertiary/aromatic N) is 3. The molecular formula is C27H35ClN6O4S. The van der Waals surface area contributed by atoms with Gasteiger partial charge in [0.05, 0.1) is 30.8 Å². The Morgan fingerprint density at radius 1 is 1.18 bits per heavy atom. The number of benzene rings is 2. The first-order chi connectivity index (χ1) is 18.6. The first-order valence-corrected chi connectivity index (χ1v) is 14.7. The maximum Gasteiger partial charge on any atom is 0.244 e. The van der Waals surface area contributed by atoms with E-state index in [-0.39, 0.29) is 21.8 Å². The van der Waals surface area contributed by atoms with Gasteiger partial charge in [-0.2, -0.15) is 4.98 Å². The fourth-order valence-electron chi connectivity index (χ4n) is 4.35. The molecule has 12 heteroatoms. The zero-order valence-electron chi connectivity index (χ0n) is 22.3. The smallest absolute Gasteiger partial charge is 0.244 e. The summed E-state index contributed by atoms with van der Waals surface area (Å²) in [7, 11) is -0.714. The zero-order chi connectivity index (χ0) is 28.0. The third-order valence-electron chi connectivity index (χ3n) is 6.39. The normalized spacial score (nSPS) is 16.4. The molecule has 0 radical (unpaired) electrons. The maximum absolute atomic E-state index is 12.8. The SMILES string of the molecule is C[C@@H](O)CNCOC1CCCc2cc(Nc3ncc(Cl)c(Nc4ccccc4S(=O)(=O)N(C)C)n3)ccc2C1. The second-order valence-electron chi connectivity index (χ2n) is 9.74. The van der Waals surface area contributed by atoms with Crippen LogP contribution in [-0.2, 0) is 27.6 Å². The van der Waals surface area contributed by atoms with E-state index in [9.17, 15) is 13.5 Å². The van der Waals surface area contributed by atoms with Gasteiger partial charge in [0.15, 0.2) is 5.82 Å². The molecule has 0 amide bonds. The molecule has 1 aromatic heterocycles. The quantitative estimate of drug-likeness (QED) is 0.152. The minimum absolute atomic E-state index is 0.117. The van der Waals surface area contributed by atoms with Crippen LogP contribution in [0, 0.1) is 0 Å². The van der Waals surface area contributed by atoms with Gasteiger partial charge in [-0.25, -0.2) is 17.7 Å². The Morgan fingerprint density at radius 2 is 1.97 bits per heavy atom. The number of nitrogens with one attached hydrogen (secondary N) is 3. The third kappa shape index (κ3) is 7.65. The molecule has 0 aliphatic heterocycles. The minimum atomic E-state index is -3.68. The number of anilines is 4. The van der Waals surface area contributed by atoms with Gasteiger partial charge in [0.1, 0.15) is 9.92 Å². The van der Waals surface area contributed by atoms with Crippen molar-refractivity contribution in [3.05, 3.63) is 64.8 Å². The summed E-state index contributed by atoms with van der Waals surface area (Å²) < 4.78 is 32.7. The summed E-state index contributed by atoms with van der Waals surface area (Å²) in [5.74, 6) is 0.614. The summed E-state index contributed by atoms with van der Waals surface area (Å²) in [6, 6.07) is 12.8. The van der Waals surface area contributed by atoms with E-state index >= 15 is 0 Å². The third-order valence-corrected chi connectivity index (χ3v) is 8.54. The highest BCUT2D eigenvalue weighted by Gasteiger charge is 2.22. The molecule has 2 aromatic carbocycles. The fraction of sp³-hybridized carbons (Fsp3) is 0.407. The van der Waals surface area contributed by atoms with Crippen LogP contribution in [0.2, 0.25) is 5.02 Å². The minimum Gasteiger partial charge on any atom is -0.392 e. The summed E-state index contributed by atoms with van der Waals surface area (Å²) in [5.41, 5.74) is 3.70. The average molecular weight is 575 g/mol. The van der Waals surface area contributed by atoms with Crippen molar-refractivity contribution < 1.29 is 18.3 Å². The Bertz CT molecular complexity index is 1390. The first kappa shape index (κ1) is 29.2. The van der Waals surface area contributed by atoms with Crippen LogP contribution in [0.5, 0.6) is 0 Å². The molecule has 1 unspecified atom stereocenters. The molecule has 1 aliphatic rings. The van der Waals surface area contributed by atoms with Gasteiger partial charge in [0.2, 0.25) is 16.0 Å². The molecule has 2 atom stereocenters. The topological polar surface area (TPSA) is 129 Å². The number of sulfonamides is 1. The number of aryl methyl sites for hydroxylation is 1. The van der Waals surface area contributed by atoms with Crippen molar-refractivity contribution >= 4 is 44.8 Å².